The molecule has 0 aliphatic carbocycles. The number of hydrogen-bond donors (Lipinski definition) is 1. The fraction of sp³-hybridized carbons (Fsp3) is 0.333. The summed E-state index contributed by atoms with van der Waals surface area (Å²) in [6.45, 7) is 2.51. The van der Waals surface area contributed by atoms with Crippen molar-refractivity contribution in [3.05, 3.63) is 65.9 Å². The van der Waals surface area contributed by atoms with Gasteiger partial charge in [-0.15, -0.1) is 0 Å². The Morgan fingerprint density at radius 1 is 1.03 bits per heavy atom. The van der Waals surface area contributed by atoms with E-state index in [0.29, 0.717) is 18.8 Å². The predicted molar refractivity (Wildman–Crippen MR) is 123 cm³/mol. The van der Waals surface area contributed by atoms with Crippen molar-refractivity contribution >= 4 is 33.6 Å². The second kappa shape index (κ2) is 9.26. The number of amides is 2. The van der Waals surface area contributed by atoms with E-state index in [9.17, 15) is 18.0 Å². The zero-order valence-corrected chi connectivity index (χ0v) is 18.8. The Balaban J connectivity index is 1.51. The fourth-order valence-corrected chi connectivity index (χ4v) is 5.85. The summed E-state index contributed by atoms with van der Waals surface area (Å²) in [5.74, 6) is -0.443. The van der Waals surface area contributed by atoms with Crippen LogP contribution in [0.4, 0.5) is 5.69 Å². The van der Waals surface area contributed by atoms with E-state index in [-0.39, 0.29) is 23.1 Å². The standard InChI is InChI=1S/C24H27N3O4S/c1-18(28)27-15-12-19-8-3-4-11-22(19)23(27)17-24(29)25-20-9-7-10-21(16-20)32(30,31)26-13-5-2-6-14-26/h3-4,7-12,15-16,23H,2,5-6,13-14,17H2,1H3,(H,25,29)/t23-/m1/s1. The van der Waals surface area contributed by atoms with E-state index in [1.807, 2.05) is 30.3 Å². The van der Waals surface area contributed by atoms with Crippen LogP contribution in [-0.2, 0) is 19.6 Å². The molecule has 8 heteroatoms. The lowest BCUT2D eigenvalue weighted by Crippen LogP contribution is -2.35. The van der Waals surface area contributed by atoms with Gasteiger partial charge in [0.05, 0.1) is 17.4 Å². The average molecular weight is 454 g/mol. The summed E-state index contributed by atoms with van der Waals surface area (Å²) in [4.78, 5) is 26.8. The summed E-state index contributed by atoms with van der Waals surface area (Å²) in [5.41, 5.74) is 2.29. The van der Waals surface area contributed by atoms with Crippen molar-refractivity contribution in [3.63, 3.8) is 0 Å². The topological polar surface area (TPSA) is 86.8 Å². The zero-order chi connectivity index (χ0) is 22.7. The lowest BCUT2D eigenvalue weighted by Gasteiger charge is -2.32. The van der Waals surface area contributed by atoms with Gasteiger partial charge in [0.25, 0.3) is 0 Å². The zero-order valence-electron chi connectivity index (χ0n) is 18.0. The number of carbonyl (C=O) groups excluding carboxylic acids is 2. The van der Waals surface area contributed by atoms with E-state index >= 15 is 0 Å². The number of rotatable bonds is 5. The Morgan fingerprint density at radius 2 is 1.78 bits per heavy atom. The van der Waals surface area contributed by atoms with Gasteiger partial charge in [0.2, 0.25) is 21.8 Å². The Kier molecular flexibility index (Phi) is 6.43. The van der Waals surface area contributed by atoms with Crippen molar-refractivity contribution in [1.82, 2.24) is 9.21 Å². The van der Waals surface area contributed by atoms with Crippen molar-refractivity contribution in [2.75, 3.05) is 18.4 Å². The number of benzene rings is 2. The molecule has 1 fully saturated rings. The van der Waals surface area contributed by atoms with Gasteiger partial charge in [-0.25, -0.2) is 8.42 Å². The van der Waals surface area contributed by atoms with Crippen LogP contribution in [-0.4, -0.2) is 42.5 Å². The lowest BCUT2D eigenvalue weighted by molar-refractivity contribution is -0.129. The third-order valence-corrected chi connectivity index (χ3v) is 7.81. The molecular weight excluding hydrogens is 426 g/mol. The van der Waals surface area contributed by atoms with Gasteiger partial charge in [-0.05, 0) is 48.2 Å². The number of piperidine rings is 1. The summed E-state index contributed by atoms with van der Waals surface area (Å²) in [6, 6.07) is 13.6. The van der Waals surface area contributed by atoms with Crippen molar-refractivity contribution < 1.29 is 18.0 Å². The third kappa shape index (κ3) is 4.61. The highest BCUT2D eigenvalue weighted by atomic mass is 32.2. The highest BCUT2D eigenvalue weighted by Gasteiger charge is 2.29. The van der Waals surface area contributed by atoms with E-state index in [4.69, 9.17) is 0 Å². The number of nitrogens with one attached hydrogen (secondary N) is 1. The number of fused-ring (bicyclic) bond motifs is 1. The molecule has 4 rings (SSSR count). The van der Waals surface area contributed by atoms with Crippen LogP contribution >= 0.6 is 0 Å². The minimum absolute atomic E-state index is 0.0596. The molecule has 1 saturated heterocycles. The molecular formula is C24H27N3O4S. The lowest BCUT2D eigenvalue weighted by atomic mass is 9.93. The van der Waals surface area contributed by atoms with Crippen molar-refractivity contribution in [2.24, 2.45) is 0 Å². The van der Waals surface area contributed by atoms with Gasteiger partial charge in [0.15, 0.2) is 0 Å². The minimum atomic E-state index is -3.59. The molecule has 2 amide bonds. The average Bonchev–Trinajstić information content (AvgIpc) is 2.80. The van der Waals surface area contributed by atoms with Gasteiger partial charge in [0, 0.05) is 31.9 Å². The van der Waals surface area contributed by atoms with E-state index < -0.39 is 16.1 Å². The molecule has 32 heavy (non-hydrogen) atoms. The van der Waals surface area contributed by atoms with E-state index in [2.05, 4.69) is 5.32 Å². The normalized spacial score (nSPS) is 18.8. The summed E-state index contributed by atoms with van der Waals surface area (Å²) in [7, 11) is -3.59. The van der Waals surface area contributed by atoms with Crippen molar-refractivity contribution in [2.45, 2.75) is 43.5 Å². The number of carbonyl (C=O) groups is 2. The molecule has 0 aromatic heterocycles. The quantitative estimate of drug-likeness (QED) is 0.747. The maximum Gasteiger partial charge on any atom is 0.243 e. The molecule has 2 aromatic carbocycles. The maximum absolute atomic E-state index is 13.0. The van der Waals surface area contributed by atoms with Gasteiger partial charge in [-0.2, -0.15) is 4.31 Å². The van der Waals surface area contributed by atoms with Crippen LogP contribution in [0.5, 0.6) is 0 Å². The van der Waals surface area contributed by atoms with Gasteiger partial charge in [-0.3, -0.25) is 9.59 Å². The van der Waals surface area contributed by atoms with Crippen LogP contribution in [0, 0.1) is 0 Å². The number of hydrogen-bond acceptors (Lipinski definition) is 4. The Bertz CT molecular complexity index is 1150. The Morgan fingerprint density at radius 3 is 2.53 bits per heavy atom. The second-order valence-electron chi connectivity index (χ2n) is 8.13. The highest BCUT2D eigenvalue weighted by Crippen LogP contribution is 2.33. The number of sulfonamides is 1. The molecule has 0 bridgehead atoms. The van der Waals surface area contributed by atoms with Crippen molar-refractivity contribution in [1.29, 1.82) is 0 Å². The Hall–Kier alpha value is -2.97. The molecule has 0 unspecified atom stereocenters. The largest absolute Gasteiger partial charge is 0.326 e. The van der Waals surface area contributed by atoms with Crippen molar-refractivity contribution in [3.8, 4) is 0 Å². The molecule has 168 valence electrons. The second-order valence-corrected chi connectivity index (χ2v) is 10.1. The summed E-state index contributed by atoms with van der Waals surface area (Å²) in [5, 5.41) is 2.81. The van der Waals surface area contributed by atoms with Gasteiger partial charge in [-0.1, -0.05) is 36.8 Å². The Labute approximate surface area is 188 Å². The van der Waals surface area contributed by atoms with Crippen LogP contribution in [0.1, 0.15) is 49.8 Å². The maximum atomic E-state index is 13.0. The highest BCUT2D eigenvalue weighted by molar-refractivity contribution is 7.89. The van der Waals surface area contributed by atoms with Crippen LogP contribution in [0.3, 0.4) is 0 Å². The molecule has 0 spiro atoms. The van der Waals surface area contributed by atoms with E-state index in [0.717, 1.165) is 30.4 Å². The fourth-order valence-electron chi connectivity index (χ4n) is 4.29. The summed E-state index contributed by atoms with van der Waals surface area (Å²) >= 11 is 0. The monoisotopic (exact) mass is 453 g/mol. The van der Waals surface area contributed by atoms with Gasteiger partial charge >= 0.3 is 0 Å². The number of anilines is 1. The SMILES string of the molecule is CC(=O)N1C=Cc2ccccc2[C@H]1CC(=O)Nc1cccc(S(=O)(=O)N2CCCCC2)c1. The first kappa shape index (κ1) is 22.2. The molecule has 2 aliphatic heterocycles. The molecule has 0 saturated carbocycles. The van der Waals surface area contributed by atoms with Crippen LogP contribution in [0.2, 0.25) is 0 Å². The van der Waals surface area contributed by atoms with Crippen LogP contribution in [0.15, 0.2) is 59.6 Å². The summed E-state index contributed by atoms with van der Waals surface area (Å²) < 4.78 is 27.4. The van der Waals surface area contributed by atoms with E-state index in [1.54, 1.807) is 29.3 Å². The molecule has 2 heterocycles. The van der Waals surface area contributed by atoms with Crippen LogP contribution in [0.25, 0.3) is 6.08 Å². The molecule has 1 N–H and O–H groups in total. The molecule has 0 radical (unpaired) electrons. The summed E-state index contributed by atoms with van der Waals surface area (Å²) in [6.07, 6.45) is 6.39. The van der Waals surface area contributed by atoms with Crippen LogP contribution < -0.4 is 5.32 Å². The molecule has 2 aliphatic rings. The van der Waals surface area contributed by atoms with Gasteiger partial charge in [0.1, 0.15) is 0 Å². The van der Waals surface area contributed by atoms with E-state index in [1.165, 1.54) is 17.3 Å². The minimum Gasteiger partial charge on any atom is -0.326 e. The molecule has 7 nitrogen and oxygen atoms in total. The first-order valence-corrected chi connectivity index (χ1v) is 12.3. The predicted octanol–water partition coefficient (Wildman–Crippen LogP) is 3.76. The molecule has 1 atom stereocenters. The number of nitrogens with zero attached hydrogens (tertiary/aromatic N) is 2. The third-order valence-electron chi connectivity index (χ3n) is 5.92. The molecule has 2 aromatic rings. The first-order chi connectivity index (χ1) is 15.4. The van der Waals surface area contributed by atoms with Gasteiger partial charge < -0.3 is 10.2 Å². The smallest absolute Gasteiger partial charge is 0.243 e. The first-order valence-electron chi connectivity index (χ1n) is 10.8.